The fourth-order valence-electron chi connectivity index (χ4n) is 5.11. The Kier molecular flexibility index (Phi) is 2.10. The molecule has 1 N–H and O–H groups in total. The van der Waals surface area contributed by atoms with E-state index in [1.165, 1.54) is 12.0 Å². The Morgan fingerprint density at radius 1 is 1.35 bits per heavy atom. The van der Waals surface area contributed by atoms with Gasteiger partial charge in [0, 0.05) is 0 Å². The molecular weight excluding hydrogens is 212 g/mol. The molecule has 3 rings (SSSR count). The van der Waals surface area contributed by atoms with E-state index in [1.54, 1.807) is 0 Å². The Hall–Kier alpha value is -0.790. The SMILES string of the molecule is C=C1[C@H]2CC[C@@H](C(=O)O)[C@@]23CC[C@H](C3)C1(C)C. The highest BCUT2D eigenvalue weighted by Gasteiger charge is 2.63. The van der Waals surface area contributed by atoms with Gasteiger partial charge in [0.2, 0.25) is 0 Å². The Bertz CT molecular complexity index is 396. The molecule has 3 aliphatic carbocycles. The van der Waals surface area contributed by atoms with Crippen LogP contribution in [0.4, 0.5) is 0 Å². The number of aliphatic carboxylic acids is 1. The summed E-state index contributed by atoms with van der Waals surface area (Å²) >= 11 is 0. The van der Waals surface area contributed by atoms with Gasteiger partial charge in [-0.15, -0.1) is 0 Å². The van der Waals surface area contributed by atoms with Gasteiger partial charge in [-0.3, -0.25) is 4.79 Å². The number of fused-ring (bicyclic) bond motifs is 1. The van der Waals surface area contributed by atoms with Crippen molar-refractivity contribution in [2.75, 3.05) is 0 Å². The molecule has 17 heavy (non-hydrogen) atoms. The average molecular weight is 234 g/mol. The van der Waals surface area contributed by atoms with Gasteiger partial charge in [-0.1, -0.05) is 26.0 Å². The van der Waals surface area contributed by atoms with Gasteiger partial charge in [-0.25, -0.2) is 0 Å². The minimum absolute atomic E-state index is 0.0725. The molecule has 2 heteroatoms. The molecule has 4 atom stereocenters. The first kappa shape index (κ1) is 11.3. The van der Waals surface area contributed by atoms with E-state index in [0.717, 1.165) is 25.7 Å². The van der Waals surface area contributed by atoms with E-state index in [-0.39, 0.29) is 16.7 Å². The number of carboxylic acid groups (broad SMARTS) is 1. The lowest BCUT2D eigenvalue weighted by molar-refractivity contribution is -0.146. The smallest absolute Gasteiger partial charge is 0.307 e. The standard InChI is InChI=1S/C15H22O2/c1-9-11-4-5-12(13(16)17)15(11)7-6-10(8-15)14(9,2)3/h10-12H,1,4-8H2,2-3H3,(H,16,17)/t10-,11-,12+,15-/m1/s1. The van der Waals surface area contributed by atoms with E-state index in [9.17, 15) is 9.90 Å². The number of carbonyl (C=O) groups is 1. The Morgan fingerprint density at radius 2 is 2.06 bits per heavy atom. The molecule has 3 aliphatic rings. The van der Waals surface area contributed by atoms with E-state index in [2.05, 4.69) is 20.4 Å². The minimum atomic E-state index is -0.569. The van der Waals surface area contributed by atoms with Crippen LogP contribution in [0.2, 0.25) is 0 Å². The van der Waals surface area contributed by atoms with Crippen LogP contribution >= 0.6 is 0 Å². The zero-order valence-electron chi connectivity index (χ0n) is 10.8. The molecule has 1 spiro atoms. The van der Waals surface area contributed by atoms with Crippen LogP contribution in [-0.2, 0) is 4.79 Å². The largest absolute Gasteiger partial charge is 0.481 e. The van der Waals surface area contributed by atoms with Gasteiger partial charge in [-0.2, -0.15) is 0 Å². The molecule has 0 aromatic carbocycles. The fourth-order valence-corrected chi connectivity index (χ4v) is 5.11. The quantitative estimate of drug-likeness (QED) is 0.705. The van der Waals surface area contributed by atoms with Crippen LogP contribution in [0.15, 0.2) is 12.2 Å². The van der Waals surface area contributed by atoms with Crippen LogP contribution < -0.4 is 0 Å². The topological polar surface area (TPSA) is 37.3 Å². The summed E-state index contributed by atoms with van der Waals surface area (Å²) in [4.78, 5) is 11.5. The van der Waals surface area contributed by atoms with Gasteiger partial charge in [0.05, 0.1) is 5.92 Å². The molecular formula is C15H22O2. The van der Waals surface area contributed by atoms with Crippen molar-refractivity contribution in [2.24, 2.45) is 28.6 Å². The highest BCUT2D eigenvalue weighted by Crippen LogP contribution is 2.70. The molecule has 0 saturated heterocycles. The van der Waals surface area contributed by atoms with Crippen molar-refractivity contribution < 1.29 is 9.90 Å². The second kappa shape index (κ2) is 3.15. The van der Waals surface area contributed by atoms with Crippen LogP contribution in [0, 0.1) is 28.6 Å². The average Bonchev–Trinajstić information content (AvgIpc) is 2.81. The van der Waals surface area contributed by atoms with Crippen molar-refractivity contribution >= 4 is 5.97 Å². The van der Waals surface area contributed by atoms with E-state index in [1.807, 2.05) is 0 Å². The molecule has 3 saturated carbocycles. The number of rotatable bonds is 1. The second-order valence-electron chi connectivity index (χ2n) is 6.94. The van der Waals surface area contributed by atoms with E-state index >= 15 is 0 Å². The summed E-state index contributed by atoms with van der Waals surface area (Å²) in [6.45, 7) is 8.96. The van der Waals surface area contributed by atoms with Crippen LogP contribution in [-0.4, -0.2) is 11.1 Å². The third-order valence-electron chi connectivity index (χ3n) is 6.28. The molecule has 3 fully saturated rings. The summed E-state index contributed by atoms with van der Waals surface area (Å²) in [5.74, 6) is 0.453. The summed E-state index contributed by atoms with van der Waals surface area (Å²) in [6.07, 6.45) is 5.35. The highest BCUT2D eigenvalue weighted by atomic mass is 16.4. The summed E-state index contributed by atoms with van der Waals surface area (Å²) in [5.41, 5.74) is 1.64. The molecule has 0 aromatic heterocycles. The van der Waals surface area contributed by atoms with Gasteiger partial charge in [0.15, 0.2) is 0 Å². The maximum atomic E-state index is 11.5. The second-order valence-corrected chi connectivity index (χ2v) is 6.94. The predicted octanol–water partition coefficient (Wildman–Crippen LogP) is 3.48. The Morgan fingerprint density at radius 3 is 2.71 bits per heavy atom. The van der Waals surface area contributed by atoms with Crippen molar-refractivity contribution in [2.45, 2.75) is 46.0 Å². The molecule has 0 radical (unpaired) electrons. The first-order chi connectivity index (χ1) is 7.89. The lowest BCUT2D eigenvalue weighted by Gasteiger charge is -2.48. The molecule has 0 aromatic rings. The third kappa shape index (κ3) is 1.19. The lowest BCUT2D eigenvalue weighted by atomic mass is 9.56. The maximum absolute atomic E-state index is 11.5. The number of allylic oxidation sites excluding steroid dienone is 1. The number of hydrogen-bond donors (Lipinski definition) is 1. The maximum Gasteiger partial charge on any atom is 0.307 e. The van der Waals surface area contributed by atoms with E-state index in [4.69, 9.17) is 0 Å². The molecule has 0 amide bonds. The van der Waals surface area contributed by atoms with Gasteiger partial charge >= 0.3 is 5.97 Å². The molecule has 2 nitrogen and oxygen atoms in total. The van der Waals surface area contributed by atoms with Crippen molar-refractivity contribution in [1.29, 1.82) is 0 Å². The Labute approximate surface area is 103 Å². The van der Waals surface area contributed by atoms with Crippen LogP contribution in [0.25, 0.3) is 0 Å². The highest BCUT2D eigenvalue weighted by molar-refractivity contribution is 5.72. The number of carboxylic acids is 1. The van der Waals surface area contributed by atoms with Gasteiger partial charge in [0.25, 0.3) is 0 Å². The summed E-state index contributed by atoms with van der Waals surface area (Å²) in [6, 6.07) is 0. The van der Waals surface area contributed by atoms with Crippen molar-refractivity contribution in [3.63, 3.8) is 0 Å². The van der Waals surface area contributed by atoms with E-state index in [0.29, 0.717) is 11.8 Å². The molecule has 0 unspecified atom stereocenters. The van der Waals surface area contributed by atoms with Crippen molar-refractivity contribution in [3.8, 4) is 0 Å². The van der Waals surface area contributed by atoms with Gasteiger partial charge in [-0.05, 0) is 54.8 Å². The summed E-state index contributed by atoms with van der Waals surface area (Å²) < 4.78 is 0. The van der Waals surface area contributed by atoms with Crippen LogP contribution in [0.5, 0.6) is 0 Å². The van der Waals surface area contributed by atoms with E-state index < -0.39 is 5.97 Å². The molecule has 2 bridgehead atoms. The summed E-state index contributed by atoms with van der Waals surface area (Å²) in [7, 11) is 0. The molecule has 94 valence electrons. The summed E-state index contributed by atoms with van der Waals surface area (Å²) in [5, 5.41) is 9.45. The normalized spacial score (nSPS) is 46.9. The number of hydrogen-bond acceptors (Lipinski definition) is 1. The van der Waals surface area contributed by atoms with Crippen molar-refractivity contribution in [3.05, 3.63) is 12.2 Å². The molecule has 0 heterocycles. The predicted molar refractivity (Wildman–Crippen MR) is 66.5 cm³/mol. The fraction of sp³-hybridized carbons (Fsp3) is 0.800. The lowest BCUT2D eigenvalue weighted by Crippen LogP contribution is -2.42. The van der Waals surface area contributed by atoms with Crippen LogP contribution in [0.3, 0.4) is 0 Å². The third-order valence-corrected chi connectivity index (χ3v) is 6.28. The molecule has 0 aliphatic heterocycles. The van der Waals surface area contributed by atoms with Crippen LogP contribution in [0.1, 0.15) is 46.0 Å². The van der Waals surface area contributed by atoms with Crippen molar-refractivity contribution in [1.82, 2.24) is 0 Å². The minimum Gasteiger partial charge on any atom is -0.481 e. The Balaban J connectivity index is 2.05. The first-order valence-electron chi connectivity index (χ1n) is 6.81. The zero-order valence-corrected chi connectivity index (χ0v) is 10.8. The first-order valence-corrected chi connectivity index (χ1v) is 6.81. The monoisotopic (exact) mass is 234 g/mol. The van der Waals surface area contributed by atoms with Gasteiger partial charge in [0.1, 0.15) is 0 Å². The van der Waals surface area contributed by atoms with Gasteiger partial charge < -0.3 is 5.11 Å². The zero-order chi connectivity index (χ0) is 12.4.